The highest BCUT2D eigenvalue weighted by atomic mass is 16.2. The van der Waals surface area contributed by atoms with Crippen LogP contribution in [0.3, 0.4) is 0 Å². The highest BCUT2D eigenvalue weighted by Crippen LogP contribution is 2.31. The lowest BCUT2D eigenvalue weighted by molar-refractivity contribution is -0.133. The van der Waals surface area contributed by atoms with Crippen LogP contribution in [0, 0.1) is 5.92 Å². The Labute approximate surface area is 166 Å². The number of fused-ring (bicyclic) bond motifs is 3. The van der Waals surface area contributed by atoms with E-state index in [1.807, 2.05) is 35.8 Å². The maximum Gasteiger partial charge on any atom is 0.290 e. The smallest absolute Gasteiger partial charge is 0.290 e. The number of amides is 2. The first kappa shape index (κ1) is 19.0. The van der Waals surface area contributed by atoms with Crippen LogP contribution in [0.4, 0.5) is 0 Å². The predicted octanol–water partition coefficient (Wildman–Crippen LogP) is 3.36. The van der Waals surface area contributed by atoms with Gasteiger partial charge in [-0.05, 0) is 44.2 Å². The summed E-state index contributed by atoms with van der Waals surface area (Å²) in [6.45, 7) is 7.19. The second-order valence-electron chi connectivity index (χ2n) is 8.88. The number of carbonyl (C=O) groups excluding carboxylic acids is 2. The van der Waals surface area contributed by atoms with Crippen LogP contribution in [0.15, 0.2) is 24.3 Å². The average Bonchev–Trinajstić information content (AvgIpc) is 3.29. The molecule has 28 heavy (non-hydrogen) atoms. The van der Waals surface area contributed by atoms with Crippen molar-refractivity contribution in [3.05, 3.63) is 30.1 Å². The molecule has 1 saturated carbocycles. The standard InChI is InChI=1S/C22H30N4O2/c1-15(2)12-13-26-20(27)19-24-17-10-6-7-11-18(17)25(19)14-22(26,3)21(28)23-16-8-4-5-9-16/h6-7,10-11,15-16H,4-5,8-9,12-14H2,1-3H3,(H,23,28). The third-order valence-electron chi connectivity index (χ3n) is 6.26. The van der Waals surface area contributed by atoms with E-state index < -0.39 is 5.54 Å². The normalized spacial score (nSPS) is 22.9. The van der Waals surface area contributed by atoms with Gasteiger partial charge in [-0.3, -0.25) is 9.59 Å². The van der Waals surface area contributed by atoms with Gasteiger partial charge in [0.25, 0.3) is 5.91 Å². The Morgan fingerprint density at radius 2 is 2.00 bits per heavy atom. The van der Waals surface area contributed by atoms with E-state index in [2.05, 4.69) is 24.1 Å². The van der Waals surface area contributed by atoms with Crippen LogP contribution in [0.5, 0.6) is 0 Å². The fraction of sp³-hybridized carbons (Fsp3) is 0.591. The molecule has 1 aliphatic carbocycles. The Kier molecular flexibility index (Phi) is 4.89. The maximum atomic E-state index is 13.4. The quantitative estimate of drug-likeness (QED) is 0.862. The molecule has 1 atom stereocenters. The average molecular weight is 383 g/mol. The Morgan fingerprint density at radius 3 is 2.71 bits per heavy atom. The van der Waals surface area contributed by atoms with E-state index in [9.17, 15) is 9.59 Å². The van der Waals surface area contributed by atoms with Gasteiger partial charge in [0.1, 0.15) is 5.54 Å². The van der Waals surface area contributed by atoms with E-state index in [0.29, 0.717) is 24.8 Å². The lowest BCUT2D eigenvalue weighted by Crippen LogP contribution is -2.65. The number of hydrogen-bond acceptors (Lipinski definition) is 3. The molecule has 2 amide bonds. The molecule has 4 rings (SSSR count). The molecule has 0 radical (unpaired) electrons. The zero-order chi connectivity index (χ0) is 19.9. The van der Waals surface area contributed by atoms with Crippen molar-refractivity contribution >= 4 is 22.8 Å². The number of hydrogen-bond donors (Lipinski definition) is 1. The van der Waals surface area contributed by atoms with E-state index >= 15 is 0 Å². The molecule has 0 saturated heterocycles. The summed E-state index contributed by atoms with van der Waals surface area (Å²) in [4.78, 5) is 33.2. The van der Waals surface area contributed by atoms with Crippen LogP contribution < -0.4 is 5.32 Å². The monoisotopic (exact) mass is 382 g/mol. The molecule has 1 unspecified atom stereocenters. The molecule has 2 aromatic rings. The van der Waals surface area contributed by atoms with Gasteiger partial charge in [0.05, 0.1) is 17.6 Å². The van der Waals surface area contributed by atoms with Gasteiger partial charge < -0.3 is 14.8 Å². The van der Waals surface area contributed by atoms with Crippen molar-refractivity contribution in [2.45, 2.75) is 71.0 Å². The molecule has 2 heterocycles. The SMILES string of the molecule is CC(C)CCN1C(=O)c2nc3ccccc3n2CC1(C)C(=O)NC1CCCC1. The summed E-state index contributed by atoms with van der Waals surface area (Å²) in [7, 11) is 0. The van der Waals surface area contributed by atoms with Gasteiger partial charge in [-0.1, -0.05) is 38.8 Å². The number of para-hydroxylation sites is 2. The number of aromatic nitrogens is 2. The lowest BCUT2D eigenvalue weighted by Gasteiger charge is -2.44. The van der Waals surface area contributed by atoms with Crippen molar-refractivity contribution in [2.75, 3.05) is 6.54 Å². The lowest BCUT2D eigenvalue weighted by atomic mass is 9.93. The summed E-state index contributed by atoms with van der Waals surface area (Å²) in [5, 5.41) is 3.23. The van der Waals surface area contributed by atoms with Crippen molar-refractivity contribution < 1.29 is 9.59 Å². The zero-order valence-electron chi connectivity index (χ0n) is 17.1. The number of nitrogens with zero attached hydrogens (tertiary/aromatic N) is 3. The Hall–Kier alpha value is -2.37. The zero-order valence-corrected chi connectivity index (χ0v) is 17.1. The molecule has 1 fully saturated rings. The van der Waals surface area contributed by atoms with E-state index in [1.165, 1.54) is 0 Å². The van der Waals surface area contributed by atoms with Gasteiger partial charge in [-0.2, -0.15) is 0 Å². The maximum absolute atomic E-state index is 13.4. The van der Waals surface area contributed by atoms with E-state index in [1.54, 1.807) is 4.90 Å². The van der Waals surface area contributed by atoms with Crippen molar-refractivity contribution in [1.29, 1.82) is 0 Å². The first-order valence-electron chi connectivity index (χ1n) is 10.5. The van der Waals surface area contributed by atoms with Gasteiger partial charge >= 0.3 is 0 Å². The number of nitrogens with one attached hydrogen (secondary N) is 1. The molecular formula is C22H30N4O2. The third-order valence-corrected chi connectivity index (χ3v) is 6.26. The van der Waals surface area contributed by atoms with Crippen molar-refractivity contribution in [2.24, 2.45) is 5.92 Å². The number of rotatable bonds is 5. The van der Waals surface area contributed by atoms with Crippen molar-refractivity contribution in [3.63, 3.8) is 0 Å². The molecule has 1 aromatic heterocycles. The number of carbonyl (C=O) groups is 2. The fourth-order valence-corrected chi connectivity index (χ4v) is 4.48. The summed E-state index contributed by atoms with van der Waals surface area (Å²) < 4.78 is 1.93. The molecule has 1 N–H and O–H groups in total. The summed E-state index contributed by atoms with van der Waals surface area (Å²) in [6, 6.07) is 7.99. The number of imidazole rings is 1. The van der Waals surface area contributed by atoms with Crippen LogP contribution in [0.2, 0.25) is 0 Å². The summed E-state index contributed by atoms with van der Waals surface area (Å²) in [5.74, 6) is 0.707. The van der Waals surface area contributed by atoms with Gasteiger partial charge in [-0.25, -0.2) is 4.98 Å². The molecule has 150 valence electrons. The largest absolute Gasteiger partial charge is 0.351 e. The van der Waals surface area contributed by atoms with E-state index in [4.69, 9.17) is 0 Å². The van der Waals surface area contributed by atoms with Crippen LogP contribution in [-0.2, 0) is 11.3 Å². The van der Waals surface area contributed by atoms with Crippen LogP contribution in [-0.4, -0.2) is 44.4 Å². The molecule has 1 aliphatic heterocycles. The minimum atomic E-state index is -0.912. The summed E-state index contributed by atoms with van der Waals surface area (Å²) in [5.41, 5.74) is 0.801. The van der Waals surface area contributed by atoms with Crippen molar-refractivity contribution in [1.82, 2.24) is 19.8 Å². The number of benzene rings is 1. The molecule has 1 aromatic carbocycles. The van der Waals surface area contributed by atoms with Gasteiger partial charge in [0.15, 0.2) is 5.82 Å². The molecular weight excluding hydrogens is 352 g/mol. The van der Waals surface area contributed by atoms with Crippen LogP contribution >= 0.6 is 0 Å². The minimum absolute atomic E-state index is 0.0417. The molecule has 6 heteroatoms. The first-order valence-corrected chi connectivity index (χ1v) is 10.5. The Morgan fingerprint density at radius 1 is 1.29 bits per heavy atom. The van der Waals surface area contributed by atoms with Gasteiger partial charge in [-0.15, -0.1) is 0 Å². The third kappa shape index (κ3) is 3.19. The predicted molar refractivity (Wildman–Crippen MR) is 109 cm³/mol. The Bertz CT molecular complexity index is 897. The fourth-order valence-electron chi connectivity index (χ4n) is 4.48. The summed E-state index contributed by atoms with van der Waals surface area (Å²) in [6.07, 6.45) is 5.24. The molecule has 0 spiro atoms. The van der Waals surface area contributed by atoms with E-state index in [-0.39, 0.29) is 17.9 Å². The molecule has 6 nitrogen and oxygen atoms in total. The van der Waals surface area contributed by atoms with Crippen LogP contribution in [0.1, 0.15) is 63.5 Å². The second kappa shape index (κ2) is 7.22. The highest BCUT2D eigenvalue weighted by molar-refractivity contribution is 6.01. The highest BCUT2D eigenvalue weighted by Gasteiger charge is 2.48. The van der Waals surface area contributed by atoms with E-state index in [0.717, 1.165) is 43.1 Å². The van der Waals surface area contributed by atoms with Gasteiger partial charge in [0, 0.05) is 12.6 Å². The Balaban J connectivity index is 1.72. The summed E-state index contributed by atoms with van der Waals surface area (Å²) >= 11 is 0. The second-order valence-corrected chi connectivity index (χ2v) is 8.88. The van der Waals surface area contributed by atoms with Crippen LogP contribution in [0.25, 0.3) is 11.0 Å². The first-order chi connectivity index (χ1) is 13.4. The molecule has 2 aliphatic rings. The topological polar surface area (TPSA) is 67.2 Å². The van der Waals surface area contributed by atoms with Gasteiger partial charge in [0.2, 0.25) is 5.91 Å². The van der Waals surface area contributed by atoms with Crippen molar-refractivity contribution in [3.8, 4) is 0 Å². The molecule has 0 bridgehead atoms. The minimum Gasteiger partial charge on any atom is -0.351 e.